The minimum atomic E-state index is -4.48. The Hall–Kier alpha value is -0.220. The standard InChI is InChI=1S/C5H11O5P/c1-4(2)5(6)3-10-11(7,8)9/h4H,3H2,1-2H3,(H2,7,8,9). The monoisotopic (exact) mass is 182 g/mol. The molecule has 6 heteroatoms. The summed E-state index contributed by atoms with van der Waals surface area (Å²) in [5.41, 5.74) is 0. The van der Waals surface area contributed by atoms with Crippen molar-refractivity contribution >= 4 is 13.6 Å². The van der Waals surface area contributed by atoms with Gasteiger partial charge in [0.25, 0.3) is 0 Å². The molecule has 0 saturated heterocycles. The van der Waals surface area contributed by atoms with Crippen molar-refractivity contribution in [3.8, 4) is 0 Å². The van der Waals surface area contributed by atoms with E-state index in [1.165, 1.54) is 0 Å². The maximum Gasteiger partial charge on any atom is 0.470 e. The zero-order valence-electron chi connectivity index (χ0n) is 6.35. The van der Waals surface area contributed by atoms with Gasteiger partial charge in [0.05, 0.1) is 0 Å². The van der Waals surface area contributed by atoms with E-state index in [1.54, 1.807) is 13.8 Å². The Morgan fingerprint density at radius 2 is 2.00 bits per heavy atom. The fourth-order valence-electron chi connectivity index (χ4n) is 0.314. The summed E-state index contributed by atoms with van der Waals surface area (Å²) in [6.45, 7) is 2.73. The maximum atomic E-state index is 10.7. The molecule has 11 heavy (non-hydrogen) atoms. The van der Waals surface area contributed by atoms with Crippen LogP contribution in [0.4, 0.5) is 0 Å². The van der Waals surface area contributed by atoms with Crippen LogP contribution in [-0.2, 0) is 13.9 Å². The lowest BCUT2D eigenvalue weighted by molar-refractivity contribution is -0.124. The Kier molecular flexibility index (Phi) is 3.89. The van der Waals surface area contributed by atoms with E-state index >= 15 is 0 Å². The lowest BCUT2D eigenvalue weighted by Crippen LogP contribution is -2.13. The van der Waals surface area contributed by atoms with Gasteiger partial charge in [-0.3, -0.25) is 9.32 Å². The van der Waals surface area contributed by atoms with Gasteiger partial charge >= 0.3 is 7.82 Å². The third-order valence-electron chi connectivity index (χ3n) is 1.02. The highest BCUT2D eigenvalue weighted by atomic mass is 31.2. The van der Waals surface area contributed by atoms with Crippen molar-refractivity contribution in [3.05, 3.63) is 0 Å². The van der Waals surface area contributed by atoms with Crippen molar-refractivity contribution in [1.29, 1.82) is 0 Å². The normalized spacial score (nSPS) is 12.1. The molecule has 0 unspecified atom stereocenters. The van der Waals surface area contributed by atoms with Crippen LogP contribution in [0.25, 0.3) is 0 Å². The van der Waals surface area contributed by atoms with Crippen molar-refractivity contribution in [2.75, 3.05) is 6.61 Å². The second-order valence-corrected chi connectivity index (χ2v) is 3.62. The number of carbonyl (C=O) groups excluding carboxylic acids is 1. The Bertz CT molecular complexity index is 181. The van der Waals surface area contributed by atoms with Crippen LogP contribution < -0.4 is 0 Å². The number of Topliss-reactive ketones (excluding diaryl/α,β-unsaturated/α-hetero) is 1. The van der Waals surface area contributed by atoms with Crippen molar-refractivity contribution in [2.24, 2.45) is 5.92 Å². The van der Waals surface area contributed by atoms with E-state index in [9.17, 15) is 9.36 Å². The van der Waals surface area contributed by atoms with E-state index in [0.717, 1.165) is 0 Å². The Labute approximate surface area is 64.6 Å². The molecule has 0 heterocycles. The van der Waals surface area contributed by atoms with Crippen LogP contribution in [0.1, 0.15) is 13.8 Å². The van der Waals surface area contributed by atoms with E-state index in [0.29, 0.717) is 0 Å². The summed E-state index contributed by atoms with van der Waals surface area (Å²) >= 11 is 0. The SMILES string of the molecule is CC(C)C(=O)COP(=O)(O)O. The molecule has 0 aromatic heterocycles. The van der Waals surface area contributed by atoms with Gasteiger partial charge in [-0.1, -0.05) is 13.8 Å². The molecule has 0 rings (SSSR count). The van der Waals surface area contributed by atoms with E-state index in [4.69, 9.17) is 9.79 Å². The lowest BCUT2D eigenvalue weighted by Gasteiger charge is -2.05. The minimum absolute atomic E-state index is 0.262. The summed E-state index contributed by atoms with van der Waals surface area (Å²) in [5.74, 6) is -0.588. The molecule has 0 bridgehead atoms. The number of phosphoric acid groups is 1. The summed E-state index contributed by atoms with van der Waals surface area (Å²) in [4.78, 5) is 27.1. The summed E-state index contributed by atoms with van der Waals surface area (Å²) in [7, 11) is -4.48. The molecule has 0 radical (unpaired) electrons. The second kappa shape index (κ2) is 3.97. The zero-order chi connectivity index (χ0) is 9.07. The largest absolute Gasteiger partial charge is 0.470 e. The van der Waals surface area contributed by atoms with Gasteiger partial charge in [-0.2, -0.15) is 0 Å². The van der Waals surface area contributed by atoms with Gasteiger partial charge in [0.2, 0.25) is 0 Å². The fraction of sp³-hybridized carbons (Fsp3) is 0.800. The Morgan fingerprint density at radius 3 is 2.27 bits per heavy atom. The molecule has 0 amide bonds. The molecule has 66 valence electrons. The van der Waals surface area contributed by atoms with Gasteiger partial charge in [-0.15, -0.1) is 0 Å². The molecule has 0 fully saturated rings. The minimum Gasteiger partial charge on any atom is -0.303 e. The smallest absolute Gasteiger partial charge is 0.303 e. The first-order chi connectivity index (χ1) is 4.83. The molecule has 0 aliphatic rings. The fourth-order valence-corrected chi connectivity index (χ4v) is 0.610. The van der Waals surface area contributed by atoms with Crippen molar-refractivity contribution < 1.29 is 23.7 Å². The van der Waals surface area contributed by atoms with Crippen LogP contribution in [0, 0.1) is 5.92 Å². The van der Waals surface area contributed by atoms with Crippen LogP contribution >= 0.6 is 7.82 Å². The van der Waals surface area contributed by atoms with Crippen LogP contribution in [0.5, 0.6) is 0 Å². The molecule has 2 N–H and O–H groups in total. The predicted molar refractivity (Wildman–Crippen MR) is 37.8 cm³/mol. The van der Waals surface area contributed by atoms with Crippen molar-refractivity contribution in [1.82, 2.24) is 0 Å². The zero-order valence-corrected chi connectivity index (χ0v) is 7.25. The van der Waals surface area contributed by atoms with Gasteiger partial charge in [0.15, 0.2) is 5.78 Å². The number of hydrogen-bond donors (Lipinski definition) is 2. The van der Waals surface area contributed by atoms with Crippen LogP contribution in [-0.4, -0.2) is 22.2 Å². The van der Waals surface area contributed by atoms with E-state index in [1.807, 2.05) is 0 Å². The van der Waals surface area contributed by atoms with Gasteiger partial charge < -0.3 is 9.79 Å². The molecule has 0 atom stereocenters. The van der Waals surface area contributed by atoms with E-state index < -0.39 is 14.4 Å². The molecule has 5 nitrogen and oxygen atoms in total. The van der Waals surface area contributed by atoms with Gasteiger partial charge in [0.1, 0.15) is 6.61 Å². The maximum absolute atomic E-state index is 10.7. The van der Waals surface area contributed by atoms with E-state index in [2.05, 4.69) is 4.52 Å². The first-order valence-electron chi connectivity index (χ1n) is 3.05. The highest BCUT2D eigenvalue weighted by Crippen LogP contribution is 2.35. The quantitative estimate of drug-likeness (QED) is 0.611. The number of carbonyl (C=O) groups is 1. The molecule has 0 spiro atoms. The number of hydrogen-bond acceptors (Lipinski definition) is 3. The van der Waals surface area contributed by atoms with Crippen LogP contribution in [0.15, 0.2) is 0 Å². The average Bonchev–Trinajstić information content (AvgIpc) is 1.80. The van der Waals surface area contributed by atoms with E-state index in [-0.39, 0.29) is 11.7 Å². The highest BCUT2D eigenvalue weighted by molar-refractivity contribution is 7.46. The highest BCUT2D eigenvalue weighted by Gasteiger charge is 2.17. The summed E-state index contributed by atoms with van der Waals surface area (Å²) in [6, 6.07) is 0. The summed E-state index contributed by atoms with van der Waals surface area (Å²) in [5, 5.41) is 0. The number of rotatable bonds is 4. The van der Waals surface area contributed by atoms with Gasteiger partial charge in [0, 0.05) is 5.92 Å². The first-order valence-corrected chi connectivity index (χ1v) is 4.59. The molecular weight excluding hydrogens is 171 g/mol. The topological polar surface area (TPSA) is 83.8 Å². The Morgan fingerprint density at radius 1 is 1.55 bits per heavy atom. The number of ketones is 1. The molecule has 0 aliphatic heterocycles. The average molecular weight is 182 g/mol. The van der Waals surface area contributed by atoms with Crippen LogP contribution in [0.2, 0.25) is 0 Å². The first kappa shape index (κ1) is 10.8. The van der Waals surface area contributed by atoms with Crippen molar-refractivity contribution in [3.63, 3.8) is 0 Å². The van der Waals surface area contributed by atoms with Gasteiger partial charge in [-0.05, 0) is 0 Å². The second-order valence-electron chi connectivity index (χ2n) is 2.39. The van der Waals surface area contributed by atoms with Crippen molar-refractivity contribution in [2.45, 2.75) is 13.8 Å². The lowest BCUT2D eigenvalue weighted by atomic mass is 10.1. The van der Waals surface area contributed by atoms with Gasteiger partial charge in [-0.25, -0.2) is 4.57 Å². The number of phosphoric ester groups is 1. The summed E-state index contributed by atoms with van der Waals surface area (Å²) in [6.07, 6.45) is 0. The van der Waals surface area contributed by atoms with Crippen LogP contribution in [0.3, 0.4) is 0 Å². The molecule has 0 aromatic carbocycles. The summed E-state index contributed by atoms with van der Waals surface area (Å²) < 4.78 is 14.0. The molecule has 0 saturated carbocycles. The molecule has 0 aromatic rings. The third-order valence-corrected chi connectivity index (χ3v) is 1.48. The molecule has 0 aliphatic carbocycles. The third kappa shape index (κ3) is 6.19. The Balaban J connectivity index is 3.73. The molecular formula is C5H11O5P. The predicted octanol–water partition coefficient (Wildman–Crippen LogP) is 0.321.